The van der Waals surface area contributed by atoms with E-state index >= 15 is 0 Å². The van der Waals surface area contributed by atoms with Crippen LogP contribution in [0.2, 0.25) is 0 Å². The number of para-hydroxylation sites is 1. The lowest BCUT2D eigenvalue weighted by Gasteiger charge is -2.16. The van der Waals surface area contributed by atoms with Crippen molar-refractivity contribution in [1.82, 2.24) is 10.2 Å². The van der Waals surface area contributed by atoms with Crippen molar-refractivity contribution in [2.45, 2.75) is 26.1 Å². The minimum absolute atomic E-state index is 0.0433. The highest BCUT2D eigenvalue weighted by Gasteiger charge is 2.23. The summed E-state index contributed by atoms with van der Waals surface area (Å²) in [7, 11) is 0. The Morgan fingerprint density at radius 1 is 1.07 bits per heavy atom. The molecule has 0 spiro atoms. The zero-order chi connectivity index (χ0) is 20.1. The molecule has 0 N–H and O–H groups in total. The van der Waals surface area contributed by atoms with E-state index in [1.54, 1.807) is 38.1 Å². The number of hydrogen-bond acceptors (Lipinski definition) is 8. The van der Waals surface area contributed by atoms with E-state index in [2.05, 4.69) is 10.2 Å². The Kier molecular flexibility index (Phi) is 5.64. The number of benzene rings is 2. The first-order valence-corrected chi connectivity index (χ1v) is 8.44. The van der Waals surface area contributed by atoms with Crippen molar-refractivity contribution in [2.24, 2.45) is 0 Å². The molecule has 0 amide bonds. The minimum Gasteiger partial charge on any atom is -0.479 e. The van der Waals surface area contributed by atoms with Crippen LogP contribution < -0.4 is 4.74 Å². The van der Waals surface area contributed by atoms with Crippen molar-refractivity contribution in [3.8, 4) is 17.2 Å². The van der Waals surface area contributed by atoms with Gasteiger partial charge in [-0.2, -0.15) is 0 Å². The molecule has 2 aromatic carbocycles. The van der Waals surface area contributed by atoms with E-state index in [-0.39, 0.29) is 17.5 Å². The van der Waals surface area contributed by atoms with Crippen molar-refractivity contribution in [1.29, 1.82) is 0 Å². The number of rotatable bonds is 7. The number of esters is 1. The quantitative estimate of drug-likeness (QED) is 0.344. The number of non-ortho nitro benzene ring substituents is 1. The third kappa shape index (κ3) is 4.50. The number of carbonyl (C=O) groups is 1. The van der Waals surface area contributed by atoms with E-state index in [1.165, 1.54) is 24.3 Å². The molecule has 0 unspecified atom stereocenters. The smallest absolute Gasteiger partial charge is 0.347 e. The molecule has 9 nitrogen and oxygen atoms in total. The molecule has 28 heavy (non-hydrogen) atoms. The molecule has 0 saturated carbocycles. The van der Waals surface area contributed by atoms with Gasteiger partial charge in [-0.3, -0.25) is 10.1 Å². The van der Waals surface area contributed by atoms with Crippen LogP contribution in [0, 0.1) is 10.1 Å². The normalized spacial score (nSPS) is 12.8. The van der Waals surface area contributed by atoms with E-state index in [4.69, 9.17) is 13.9 Å². The van der Waals surface area contributed by atoms with Crippen LogP contribution in [0.3, 0.4) is 0 Å². The summed E-state index contributed by atoms with van der Waals surface area (Å²) in [6.07, 6.45) is -1.60. The molecule has 0 saturated heterocycles. The molecule has 3 rings (SSSR count). The van der Waals surface area contributed by atoms with Crippen LogP contribution in [0.5, 0.6) is 5.75 Å². The predicted molar refractivity (Wildman–Crippen MR) is 97.4 cm³/mol. The monoisotopic (exact) mass is 383 g/mol. The summed E-state index contributed by atoms with van der Waals surface area (Å²) in [6.45, 7) is 3.18. The summed E-state index contributed by atoms with van der Waals surface area (Å²) < 4.78 is 16.4. The van der Waals surface area contributed by atoms with Gasteiger partial charge in [0.25, 0.3) is 11.6 Å². The molecule has 2 atom stereocenters. The fraction of sp³-hybridized carbons (Fsp3) is 0.211. The summed E-state index contributed by atoms with van der Waals surface area (Å²) in [5, 5.41) is 18.5. The molecule has 0 radical (unpaired) electrons. The van der Waals surface area contributed by atoms with Crippen molar-refractivity contribution >= 4 is 11.7 Å². The third-order valence-electron chi connectivity index (χ3n) is 3.79. The molecular weight excluding hydrogens is 366 g/mol. The van der Waals surface area contributed by atoms with E-state index in [0.717, 1.165) is 0 Å². The summed E-state index contributed by atoms with van der Waals surface area (Å²) in [4.78, 5) is 22.4. The Bertz CT molecular complexity index is 955. The molecule has 0 aliphatic rings. The van der Waals surface area contributed by atoms with Crippen LogP contribution in [0.4, 0.5) is 5.69 Å². The number of hydrogen-bond donors (Lipinski definition) is 0. The average Bonchev–Trinajstić information content (AvgIpc) is 3.19. The number of ether oxygens (including phenoxy) is 2. The summed E-state index contributed by atoms with van der Waals surface area (Å²) in [5.74, 6) is 0.249. The van der Waals surface area contributed by atoms with Gasteiger partial charge in [-0.25, -0.2) is 4.79 Å². The van der Waals surface area contributed by atoms with Crippen LogP contribution >= 0.6 is 0 Å². The first-order chi connectivity index (χ1) is 13.4. The van der Waals surface area contributed by atoms with Crippen molar-refractivity contribution < 1.29 is 23.6 Å². The second-order valence-electron chi connectivity index (χ2n) is 5.90. The first kappa shape index (κ1) is 19.0. The molecule has 0 aliphatic carbocycles. The summed E-state index contributed by atoms with van der Waals surface area (Å²) in [5.41, 5.74) is 0.474. The Hall–Kier alpha value is -3.75. The number of nitro groups is 1. The molecule has 1 aromatic heterocycles. The number of nitrogens with zero attached hydrogens (tertiary/aromatic N) is 3. The summed E-state index contributed by atoms with van der Waals surface area (Å²) in [6, 6.07) is 14.6. The number of carbonyl (C=O) groups excluding carboxylic acids is 1. The van der Waals surface area contributed by atoms with Gasteiger partial charge in [0, 0.05) is 17.7 Å². The van der Waals surface area contributed by atoms with Crippen molar-refractivity contribution in [2.75, 3.05) is 0 Å². The van der Waals surface area contributed by atoms with Gasteiger partial charge in [0.2, 0.25) is 5.89 Å². The summed E-state index contributed by atoms with van der Waals surface area (Å²) >= 11 is 0. The maximum absolute atomic E-state index is 12.2. The van der Waals surface area contributed by atoms with Gasteiger partial charge < -0.3 is 13.9 Å². The molecule has 3 aromatic rings. The molecule has 0 bridgehead atoms. The zero-order valence-corrected chi connectivity index (χ0v) is 15.1. The largest absolute Gasteiger partial charge is 0.479 e. The molecule has 144 valence electrons. The van der Waals surface area contributed by atoms with Gasteiger partial charge in [0.15, 0.2) is 12.2 Å². The fourth-order valence-corrected chi connectivity index (χ4v) is 2.31. The maximum Gasteiger partial charge on any atom is 0.347 e. The Labute approximate surface area is 160 Å². The lowest BCUT2D eigenvalue weighted by Crippen LogP contribution is -2.27. The van der Waals surface area contributed by atoms with E-state index in [1.807, 2.05) is 6.07 Å². The van der Waals surface area contributed by atoms with Crippen molar-refractivity contribution in [3.05, 3.63) is 70.6 Å². The van der Waals surface area contributed by atoms with Crippen LogP contribution in [-0.4, -0.2) is 27.2 Å². The Morgan fingerprint density at radius 3 is 2.39 bits per heavy atom. The van der Waals surface area contributed by atoms with Crippen LogP contribution in [0.15, 0.2) is 59.0 Å². The topological polar surface area (TPSA) is 118 Å². The highest BCUT2D eigenvalue weighted by atomic mass is 16.6. The first-order valence-electron chi connectivity index (χ1n) is 8.44. The second kappa shape index (κ2) is 8.30. The van der Waals surface area contributed by atoms with E-state index in [0.29, 0.717) is 11.3 Å². The van der Waals surface area contributed by atoms with Gasteiger partial charge in [0.05, 0.1) is 4.92 Å². The van der Waals surface area contributed by atoms with Gasteiger partial charge in [0.1, 0.15) is 5.75 Å². The zero-order valence-electron chi connectivity index (χ0n) is 15.1. The highest BCUT2D eigenvalue weighted by Crippen LogP contribution is 2.24. The van der Waals surface area contributed by atoms with E-state index < -0.39 is 23.1 Å². The lowest BCUT2D eigenvalue weighted by molar-refractivity contribution is -0.384. The molecule has 9 heteroatoms. The molecule has 0 fully saturated rings. The van der Waals surface area contributed by atoms with E-state index in [9.17, 15) is 14.9 Å². The average molecular weight is 383 g/mol. The Balaban J connectivity index is 1.62. The van der Waals surface area contributed by atoms with Gasteiger partial charge >= 0.3 is 5.97 Å². The third-order valence-corrected chi connectivity index (χ3v) is 3.79. The minimum atomic E-state index is -0.818. The van der Waals surface area contributed by atoms with Gasteiger partial charge in [-0.1, -0.05) is 18.2 Å². The number of nitro benzene ring substituents is 1. The lowest BCUT2D eigenvalue weighted by atomic mass is 10.2. The standard InChI is InChI=1S/C19H17N3O6/c1-12(27-19(23)13(2)26-16-6-4-3-5-7-16)17-20-21-18(28-17)14-8-10-15(11-9-14)22(24)25/h3-13H,1-2H3/t12-,13-/m1/s1. The van der Waals surface area contributed by atoms with Crippen LogP contribution in [-0.2, 0) is 9.53 Å². The fourth-order valence-electron chi connectivity index (χ4n) is 2.31. The van der Waals surface area contributed by atoms with Crippen LogP contribution in [0.1, 0.15) is 25.8 Å². The molecular formula is C19H17N3O6. The van der Waals surface area contributed by atoms with Gasteiger partial charge in [-0.05, 0) is 38.1 Å². The highest BCUT2D eigenvalue weighted by molar-refractivity contribution is 5.74. The second-order valence-corrected chi connectivity index (χ2v) is 5.90. The van der Waals surface area contributed by atoms with Gasteiger partial charge in [-0.15, -0.1) is 10.2 Å². The SMILES string of the molecule is C[C@@H](Oc1ccccc1)C(=O)O[C@H](C)c1nnc(-c2ccc([N+](=O)[O-])cc2)o1. The van der Waals surface area contributed by atoms with Crippen molar-refractivity contribution in [3.63, 3.8) is 0 Å². The Morgan fingerprint density at radius 2 is 1.75 bits per heavy atom. The predicted octanol–water partition coefficient (Wildman–Crippen LogP) is 3.72. The molecule has 0 aliphatic heterocycles. The molecule has 1 heterocycles. The van der Waals surface area contributed by atoms with Crippen LogP contribution in [0.25, 0.3) is 11.5 Å². The maximum atomic E-state index is 12.2. The number of aromatic nitrogens is 2.